The molecule has 0 atom stereocenters. The van der Waals surface area contributed by atoms with Gasteiger partial charge in [-0.3, -0.25) is 14.9 Å². The fourth-order valence-electron chi connectivity index (χ4n) is 1.76. The number of amides is 1. The Bertz CT molecular complexity index is 490. The zero-order chi connectivity index (χ0) is 13.7. The second-order valence-electron chi connectivity index (χ2n) is 4.12. The minimum Gasteiger partial charge on any atom is -0.378 e. The van der Waals surface area contributed by atoms with Crippen molar-refractivity contribution in [3.8, 4) is 0 Å². The van der Waals surface area contributed by atoms with Crippen LogP contribution in [-0.2, 0) is 9.53 Å². The Balaban J connectivity index is 1.97. The summed E-state index contributed by atoms with van der Waals surface area (Å²) in [5, 5.41) is 10.5. The smallest absolute Gasteiger partial charge is 0.269 e. The van der Waals surface area contributed by atoms with Crippen molar-refractivity contribution in [3.63, 3.8) is 0 Å². The molecule has 1 aliphatic heterocycles. The van der Waals surface area contributed by atoms with Crippen molar-refractivity contribution >= 4 is 17.7 Å². The second-order valence-corrected chi connectivity index (χ2v) is 4.12. The Hall–Kier alpha value is -2.21. The minimum atomic E-state index is -0.452. The molecule has 1 saturated heterocycles. The molecule has 0 aliphatic carbocycles. The highest BCUT2D eigenvalue weighted by molar-refractivity contribution is 5.91. The van der Waals surface area contributed by atoms with E-state index in [0.29, 0.717) is 26.3 Å². The summed E-state index contributed by atoms with van der Waals surface area (Å²) in [5.41, 5.74) is 0.795. The summed E-state index contributed by atoms with van der Waals surface area (Å²) < 4.78 is 5.17. The average molecular weight is 262 g/mol. The van der Waals surface area contributed by atoms with E-state index >= 15 is 0 Å². The molecule has 0 radical (unpaired) electrons. The molecule has 0 unspecified atom stereocenters. The second kappa shape index (κ2) is 6.10. The molecule has 6 nitrogen and oxygen atoms in total. The summed E-state index contributed by atoms with van der Waals surface area (Å²) in [7, 11) is 0. The fraction of sp³-hybridized carbons (Fsp3) is 0.308. The van der Waals surface area contributed by atoms with Gasteiger partial charge >= 0.3 is 0 Å². The standard InChI is InChI=1S/C13H14N2O4/c16-13(14-7-9-19-10-8-14)6-3-11-1-4-12(5-2-11)15(17)18/h1-6H,7-10H2/b6-3-. The van der Waals surface area contributed by atoms with E-state index in [1.807, 2.05) is 0 Å². The number of morpholine rings is 1. The van der Waals surface area contributed by atoms with Crippen LogP contribution in [0.3, 0.4) is 0 Å². The Kier molecular flexibility index (Phi) is 4.25. The molecule has 6 heteroatoms. The van der Waals surface area contributed by atoms with E-state index < -0.39 is 4.92 Å². The molecule has 0 saturated carbocycles. The van der Waals surface area contributed by atoms with E-state index in [-0.39, 0.29) is 11.6 Å². The lowest BCUT2D eigenvalue weighted by molar-refractivity contribution is -0.384. The number of hydrogen-bond acceptors (Lipinski definition) is 4. The quantitative estimate of drug-likeness (QED) is 0.469. The van der Waals surface area contributed by atoms with Gasteiger partial charge in [0.25, 0.3) is 5.69 Å². The number of nitro groups is 1. The summed E-state index contributed by atoms with van der Waals surface area (Å²) in [5.74, 6) is -0.0679. The molecular weight excluding hydrogens is 248 g/mol. The lowest BCUT2D eigenvalue weighted by atomic mass is 10.2. The molecule has 100 valence electrons. The summed E-state index contributed by atoms with van der Waals surface area (Å²) in [6.07, 6.45) is 3.13. The molecule has 0 spiro atoms. The summed E-state index contributed by atoms with van der Waals surface area (Å²) in [6.45, 7) is 2.33. The van der Waals surface area contributed by atoms with Crippen molar-refractivity contribution in [3.05, 3.63) is 46.0 Å². The number of benzene rings is 1. The molecule has 1 amide bonds. The van der Waals surface area contributed by atoms with Gasteiger partial charge in [0.2, 0.25) is 5.91 Å². The Morgan fingerprint density at radius 2 is 1.89 bits per heavy atom. The molecule has 1 heterocycles. The molecule has 1 aliphatic rings. The maximum atomic E-state index is 11.8. The predicted molar refractivity (Wildman–Crippen MR) is 69.5 cm³/mol. The van der Waals surface area contributed by atoms with Crippen LogP contribution in [0.5, 0.6) is 0 Å². The number of carbonyl (C=O) groups excluding carboxylic acids is 1. The molecular formula is C13H14N2O4. The number of non-ortho nitro benzene ring substituents is 1. The lowest BCUT2D eigenvalue weighted by Crippen LogP contribution is -2.39. The Morgan fingerprint density at radius 3 is 2.47 bits per heavy atom. The first-order chi connectivity index (χ1) is 9.16. The highest BCUT2D eigenvalue weighted by atomic mass is 16.6. The Labute approximate surface area is 110 Å². The van der Waals surface area contributed by atoms with Crippen LogP contribution in [0.15, 0.2) is 30.3 Å². The molecule has 0 N–H and O–H groups in total. The van der Waals surface area contributed by atoms with E-state index in [1.165, 1.54) is 18.2 Å². The minimum absolute atomic E-state index is 0.0386. The van der Waals surface area contributed by atoms with E-state index in [0.717, 1.165) is 5.56 Å². The third-order valence-electron chi connectivity index (χ3n) is 2.85. The zero-order valence-corrected chi connectivity index (χ0v) is 10.3. The van der Waals surface area contributed by atoms with Gasteiger partial charge in [0, 0.05) is 31.3 Å². The van der Waals surface area contributed by atoms with Gasteiger partial charge in [-0.25, -0.2) is 0 Å². The predicted octanol–water partition coefficient (Wildman–Crippen LogP) is 1.47. The monoisotopic (exact) mass is 262 g/mol. The normalized spacial score (nSPS) is 15.7. The van der Waals surface area contributed by atoms with Gasteiger partial charge in [-0.05, 0) is 23.8 Å². The number of nitro benzene ring substituents is 1. The van der Waals surface area contributed by atoms with Crippen LogP contribution in [0.25, 0.3) is 6.08 Å². The van der Waals surface area contributed by atoms with Crippen LogP contribution >= 0.6 is 0 Å². The SMILES string of the molecule is O=C(/C=C\c1ccc([N+](=O)[O-])cc1)N1CCOCC1. The van der Waals surface area contributed by atoms with Crippen LogP contribution in [0, 0.1) is 10.1 Å². The van der Waals surface area contributed by atoms with Gasteiger partial charge in [0.1, 0.15) is 0 Å². The molecule has 1 fully saturated rings. The van der Waals surface area contributed by atoms with Gasteiger partial charge in [-0.1, -0.05) is 0 Å². The highest BCUT2D eigenvalue weighted by Gasteiger charge is 2.13. The van der Waals surface area contributed by atoms with E-state index in [2.05, 4.69) is 0 Å². The topological polar surface area (TPSA) is 72.7 Å². The maximum absolute atomic E-state index is 11.8. The molecule has 19 heavy (non-hydrogen) atoms. The number of hydrogen-bond donors (Lipinski definition) is 0. The molecule has 0 bridgehead atoms. The average Bonchev–Trinajstić information content (AvgIpc) is 2.46. The van der Waals surface area contributed by atoms with Crippen molar-refractivity contribution < 1.29 is 14.5 Å². The van der Waals surface area contributed by atoms with E-state index in [4.69, 9.17) is 4.74 Å². The third-order valence-corrected chi connectivity index (χ3v) is 2.85. The van der Waals surface area contributed by atoms with Crippen molar-refractivity contribution in [2.45, 2.75) is 0 Å². The van der Waals surface area contributed by atoms with Crippen LogP contribution in [0.4, 0.5) is 5.69 Å². The van der Waals surface area contributed by atoms with Crippen molar-refractivity contribution in [2.24, 2.45) is 0 Å². The van der Waals surface area contributed by atoms with Gasteiger partial charge in [0.15, 0.2) is 0 Å². The number of rotatable bonds is 3. The maximum Gasteiger partial charge on any atom is 0.269 e. The van der Waals surface area contributed by atoms with E-state index in [1.54, 1.807) is 23.1 Å². The largest absolute Gasteiger partial charge is 0.378 e. The van der Waals surface area contributed by atoms with Crippen molar-refractivity contribution in [1.82, 2.24) is 4.90 Å². The van der Waals surface area contributed by atoms with Crippen LogP contribution in [-0.4, -0.2) is 42.0 Å². The molecule has 2 rings (SSSR count). The molecule has 1 aromatic rings. The van der Waals surface area contributed by atoms with Gasteiger partial charge < -0.3 is 9.64 Å². The number of carbonyl (C=O) groups is 1. The third kappa shape index (κ3) is 3.62. The van der Waals surface area contributed by atoms with Crippen LogP contribution in [0.1, 0.15) is 5.56 Å². The van der Waals surface area contributed by atoms with Crippen LogP contribution < -0.4 is 0 Å². The Morgan fingerprint density at radius 1 is 1.26 bits per heavy atom. The first-order valence-corrected chi connectivity index (χ1v) is 5.96. The first-order valence-electron chi connectivity index (χ1n) is 5.96. The summed E-state index contributed by atoms with van der Waals surface area (Å²) in [4.78, 5) is 23.6. The van der Waals surface area contributed by atoms with Gasteiger partial charge in [-0.2, -0.15) is 0 Å². The van der Waals surface area contributed by atoms with Crippen molar-refractivity contribution in [1.29, 1.82) is 0 Å². The number of nitrogens with zero attached hydrogens (tertiary/aromatic N) is 2. The lowest BCUT2D eigenvalue weighted by Gasteiger charge is -2.25. The number of ether oxygens (including phenoxy) is 1. The van der Waals surface area contributed by atoms with E-state index in [9.17, 15) is 14.9 Å². The van der Waals surface area contributed by atoms with Gasteiger partial charge in [0.05, 0.1) is 18.1 Å². The van der Waals surface area contributed by atoms with Gasteiger partial charge in [-0.15, -0.1) is 0 Å². The molecule has 1 aromatic carbocycles. The van der Waals surface area contributed by atoms with Crippen LogP contribution in [0.2, 0.25) is 0 Å². The zero-order valence-electron chi connectivity index (χ0n) is 10.3. The van der Waals surface area contributed by atoms with Crippen molar-refractivity contribution in [2.75, 3.05) is 26.3 Å². The highest BCUT2D eigenvalue weighted by Crippen LogP contribution is 2.13. The summed E-state index contributed by atoms with van der Waals surface area (Å²) >= 11 is 0. The molecule has 0 aromatic heterocycles. The fourth-order valence-corrected chi connectivity index (χ4v) is 1.76. The summed E-state index contributed by atoms with van der Waals surface area (Å²) in [6, 6.07) is 6.06. The first kappa shape index (κ1) is 13.2.